The van der Waals surface area contributed by atoms with Crippen molar-refractivity contribution in [1.82, 2.24) is 4.90 Å². The Labute approximate surface area is 133 Å². The summed E-state index contributed by atoms with van der Waals surface area (Å²) < 4.78 is 0. The van der Waals surface area contributed by atoms with Crippen molar-refractivity contribution < 1.29 is 4.79 Å². The van der Waals surface area contributed by atoms with Gasteiger partial charge in [0, 0.05) is 13.6 Å². The number of hydrogen-bond acceptors (Lipinski definition) is 1. The first kappa shape index (κ1) is 16.3. The van der Waals surface area contributed by atoms with Gasteiger partial charge in [0.15, 0.2) is 0 Å². The van der Waals surface area contributed by atoms with Gasteiger partial charge in [0.2, 0.25) is 5.91 Å². The number of amides is 1. The molecule has 0 spiro atoms. The van der Waals surface area contributed by atoms with Crippen molar-refractivity contribution in [2.75, 3.05) is 7.05 Å². The maximum absolute atomic E-state index is 13.0. The predicted molar refractivity (Wildman–Crippen MR) is 91.6 cm³/mol. The first-order chi connectivity index (χ1) is 10.6. The monoisotopic (exact) mass is 295 g/mol. The van der Waals surface area contributed by atoms with E-state index in [1.54, 1.807) is 0 Å². The fourth-order valence-corrected chi connectivity index (χ4v) is 2.78. The van der Waals surface area contributed by atoms with Crippen LogP contribution in [0.15, 0.2) is 60.7 Å². The van der Waals surface area contributed by atoms with Gasteiger partial charge in [0.25, 0.3) is 0 Å². The second-order valence-electron chi connectivity index (χ2n) is 5.95. The van der Waals surface area contributed by atoms with Crippen molar-refractivity contribution in [2.45, 2.75) is 32.7 Å². The van der Waals surface area contributed by atoms with Crippen LogP contribution in [-0.2, 0) is 11.3 Å². The lowest BCUT2D eigenvalue weighted by atomic mass is 9.84. The third kappa shape index (κ3) is 3.97. The van der Waals surface area contributed by atoms with Crippen molar-refractivity contribution in [3.8, 4) is 0 Å². The van der Waals surface area contributed by atoms with Crippen LogP contribution >= 0.6 is 0 Å². The van der Waals surface area contributed by atoms with Crippen LogP contribution in [0.1, 0.15) is 37.3 Å². The van der Waals surface area contributed by atoms with Gasteiger partial charge in [-0.3, -0.25) is 4.79 Å². The third-order valence-corrected chi connectivity index (χ3v) is 4.28. The molecule has 2 rings (SSSR count). The molecular formula is C20H25NO. The molecule has 0 radical (unpaired) electrons. The molecule has 0 N–H and O–H groups in total. The first-order valence-corrected chi connectivity index (χ1v) is 7.97. The lowest BCUT2D eigenvalue weighted by Gasteiger charge is -2.28. The highest BCUT2D eigenvalue weighted by Gasteiger charge is 2.28. The van der Waals surface area contributed by atoms with E-state index < -0.39 is 0 Å². The Kier molecular flexibility index (Phi) is 5.76. The van der Waals surface area contributed by atoms with E-state index in [4.69, 9.17) is 0 Å². The Bertz CT molecular complexity index is 579. The van der Waals surface area contributed by atoms with E-state index in [9.17, 15) is 4.79 Å². The molecule has 116 valence electrons. The van der Waals surface area contributed by atoms with Gasteiger partial charge in [-0.1, -0.05) is 80.9 Å². The zero-order valence-corrected chi connectivity index (χ0v) is 13.7. The van der Waals surface area contributed by atoms with Crippen LogP contribution < -0.4 is 0 Å². The zero-order chi connectivity index (χ0) is 15.9. The minimum absolute atomic E-state index is 0.0695. The molecule has 22 heavy (non-hydrogen) atoms. The van der Waals surface area contributed by atoms with Crippen LogP contribution in [0.5, 0.6) is 0 Å². The molecule has 2 heteroatoms. The Morgan fingerprint density at radius 2 is 1.55 bits per heavy atom. The molecule has 2 aromatic rings. The quantitative estimate of drug-likeness (QED) is 0.769. The molecule has 2 aromatic carbocycles. The SMILES string of the molecule is CCC(C)C(C(=O)N(C)Cc1ccccc1)c1ccccc1. The molecule has 0 aliphatic heterocycles. The van der Waals surface area contributed by atoms with Crippen molar-refractivity contribution in [3.63, 3.8) is 0 Å². The van der Waals surface area contributed by atoms with Crippen LogP contribution in [0.2, 0.25) is 0 Å². The average molecular weight is 295 g/mol. The molecule has 0 bridgehead atoms. The smallest absolute Gasteiger partial charge is 0.230 e. The van der Waals surface area contributed by atoms with Crippen molar-refractivity contribution in [1.29, 1.82) is 0 Å². The molecule has 0 saturated carbocycles. The fourth-order valence-electron chi connectivity index (χ4n) is 2.78. The van der Waals surface area contributed by atoms with Gasteiger partial charge >= 0.3 is 0 Å². The number of carbonyl (C=O) groups is 1. The molecule has 0 saturated heterocycles. The van der Waals surface area contributed by atoms with Gasteiger partial charge in [0.1, 0.15) is 0 Å². The van der Waals surface area contributed by atoms with Crippen molar-refractivity contribution in [2.24, 2.45) is 5.92 Å². The Morgan fingerprint density at radius 3 is 2.09 bits per heavy atom. The van der Waals surface area contributed by atoms with Gasteiger partial charge in [-0.15, -0.1) is 0 Å². The number of nitrogens with zero attached hydrogens (tertiary/aromatic N) is 1. The number of likely N-dealkylation sites (N-methyl/N-ethyl adjacent to an activating group) is 1. The van der Waals surface area contributed by atoms with Crippen LogP contribution in [0, 0.1) is 5.92 Å². The molecule has 2 atom stereocenters. The van der Waals surface area contributed by atoms with Gasteiger partial charge in [-0.2, -0.15) is 0 Å². The largest absolute Gasteiger partial charge is 0.341 e. The highest BCUT2D eigenvalue weighted by molar-refractivity contribution is 5.83. The summed E-state index contributed by atoms with van der Waals surface area (Å²) in [5.41, 5.74) is 2.27. The van der Waals surface area contributed by atoms with Crippen LogP contribution in [-0.4, -0.2) is 17.9 Å². The van der Waals surface area contributed by atoms with Crippen LogP contribution in [0.25, 0.3) is 0 Å². The molecule has 0 fully saturated rings. The number of benzene rings is 2. The Morgan fingerprint density at radius 1 is 1.00 bits per heavy atom. The molecular weight excluding hydrogens is 270 g/mol. The third-order valence-electron chi connectivity index (χ3n) is 4.28. The standard InChI is InChI=1S/C20H25NO/c1-4-16(2)19(18-13-9-6-10-14-18)20(22)21(3)15-17-11-7-5-8-12-17/h5-14,16,19H,4,15H2,1-3H3. The second kappa shape index (κ2) is 7.79. The summed E-state index contributed by atoms with van der Waals surface area (Å²) in [5, 5.41) is 0. The van der Waals surface area contributed by atoms with Gasteiger partial charge in [0.05, 0.1) is 5.92 Å². The average Bonchev–Trinajstić information content (AvgIpc) is 2.56. The summed E-state index contributed by atoms with van der Waals surface area (Å²) in [4.78, 5) is 14.8. The summed E-state index contributed by atoms with van der Waals surface area (Å²) in [5.74, 6) is 0.456. The summed E-state index contributed by atoms with van der Waals surface area (Å²) in [6.45, 7) is 4.95. The number of carbonyl (C=O) groups excluding carboxylic acids is 1. The minimum Gasteiger partial charge on any atom is -0.341 e. The Hall–Kier alpha value is -2.09. The van der Waals surface area contributed by atoms with E-state index in [1.807, 2.05) is 48.3 Å². The van der Waals surface area contributed by atoms with E-state index in [2.05, 4.69) is 38.1 Å². The minimum atomic E-state index is -0.0695. The van der Waals surface area contributed by atoms with E-state index >= 15 is 0 Å². The van der Waals surface area contributed by atoms with E-state index in [-0.39, 0.29) is 11.8 Å². The van der Waals surface area contributed by atoms with E-state index in [0.717, 1.165) is 17.5 Å². The maximum atomic E-state index is 13.0. The molecule has 0 aliphatic carbocycles. The van der Waals surface area contributed by atoms with Crippen molar-refractivity contribution in [3.05, 3.63) is 71.8 Å². The predicted octanol–water partition coefficient (Wildman–Crippen LogP) is 4.47. The summed E-state index contributed by atoms with van der Waals surface area (Å²) in [7, 11) is 1.90. The summed E-state index contributed by atoms with van der Waals surface area (Å²) >= 11 is 0. The van der Waals surface area contributed by atoms with Gasteiger partial charge in [-0.05, 0) is 17.0 Å². The van der Waals surface area contributed by atoms with E-state index in [1.165, 1.54) is 0 Å². The molecule has 2 unspecified atom stereocenters. The lowest BCUT2D eigenvalue weighted by Crippen LogP contribution is -2.34. The Balaban J connectivity index is 2.18. The summed E-state index contributed by atoms with van der Waals surface area (Å²) in [6.07, 6.45) is 0.991. The van der Waals surface area contributed by atoms with E-state index in [0.29, 0.717) is 12.5 Å². The number of hydrogen-bond donors (Lipinski definition) is 0. The maximum Gasteiger partial charge on any atom is 0.230 e. The molecule has 0 aliphatic rings. The second-order valence-corrected chi connectivity index (χ2v) is 5.95. The molecule has 1 amide bonds. The van der Waals surface area contributed by atoms with Crippen LogP contribution in [0.4, 0.5) is 0 Å². The molecule has 2 nitrogen and oxygen atoms in total. The molecule has 0 heterocycles. The van der Waals surface area contributed by atoms with Gasteiger partial charge in [-0.25, -0.2) is 0 Å². The zero-order valence-electron chi connectivity index (χ0n) is 13.7. The number of rotatable bonds is 6. The van der Waals surface area contributed by atoms with Crippen LogP contribution in [0.3, 0.4) is 0 Å². The fraction of sp³-hybridized carbons (Fsp3) is 0.350. The lowest BCUT2D eigenvalue weighted by molar-refractivity contribution is -0.133. The highest BCUT2D eigenvalue weighted by atomic mass is 16.2. The normalized spacial score (nSPS) is 13.4. The van der Waals surface area contributed by atoms with Gasteiger partial charge < -0.3 is 4.90 Å². The molecule has 0 aromatic heterocycles. The highest BCUT2D eigenvalue weighted by Crippen LogP contribution is 2.29. The van der Waals surface area contributed by atoms with Crippen molar-refractivity contribution >= 4 is 5.91 Å². The first-order valence-electron chi connectivity index (χ1n) is 7.97. The topological polar surface area (TPSA) is 20.3 Å². The summed E-state index contributed by atoms with van der Waals surface area (Å²) in [6, 6.07) is 20.3.